The van der Waals surface area contributed by atoms with E-state index in [0.29, 0.717) is 0 Å². The maximum atomic E-state index is 10.2. The highest BCUT2D eigenvalue weighted by molar-refractivity contribution is 6.20. The maximum Gasteiger partial charge on any atom is 0.118 e. The van der Waals surface area contributed by atoms with Crippen molar-refractivity contribution in [1.29, 1.82) is 0 Å². The van der Waals surface area contributed by atoms with Gasteiger partial charge in [-0.1, -0.05) is 30.3 Å². The Morgan fingerprint density at radius 3 is 2.40 bits per heavy atom. The number of hydrogen-bond donors (Lipinski definition) is 0. The Morgan fingerprint density at radius 1 is 1.30 bits per heavy atom. The molecule has 0 amide bonds. The van der Waals surface area contributed by atoms with Crippen molar-refractivity contribution in [2.45, 2.75) is 5.82 Å². The predicted molar refractivity (Wildman–Crippen MR) is 41.0 cm³/mol. The first-order chi connectivity index (χ1) is 4.84. The summed E-state index contributed by atoms with van der Waals surface area (Å²) in [6, 6.07) is 9.27. The lowest BCUT2D eigenvalue weighted by atomic mass is 9.83. The highest BCUT2D eigenvalue weighted by Crippen LogP contribution is 2.07. The second-order valence-electron chi connectivity index (χ2n) is 2.07. The van der Waals surface area contributed by atoms with Gasteiger partial charge in [0.05, 0.1) is 7.85 Å². The van der Waals surface area contributed by atoms with E-state index in [2.05, 4.69) is 0 Å². The molecule has 10 heavy (non-hydrogen) atoms. The summed E-state index contributed by atoms with van der Waals surface area (Å²) in [5.74, 6) is -0.471. The van der Waals surface area contributed by atoms with E-state index in [0.717, 1.165) is 11.8 Å². The van der Waals surface area contributed by atoms with Gasteiger partial charge in [0.1, 0.15) is 6.29 Å². The van der Waals surface area contributed by atoms with Crippen molar-refractivity contribution < 1.29 is 4.79 Å². The van der Waals surface area contributed by atoms with E-state index >= 15 is 0 Å². The standard InChI is InChI=1S/C8H7BO/c9-8(6-10)7-4-2-1-3-5-7/h1-6,8H. The second-order valence-corrected chi connectivity index (χ2v) is 2.07. The van der Waals surface area contributed by atoms with Crippen LogP contribution in [0.5, 0.6) is 0 Å². The summed E-state index contributed by atoms with van der Waals surface area (Å²) in [7, 11) is 5.43. The zero-order valence-electron chi connectivity index (χ0n) is 5.53. The molecule has 0 saturated carbocycles. The van der Waals surface area contributed by atoms with E-state index in [1.165, 1.54) is 0 Å². The minimum absolute atomic E-state index is 0.471. The lowest BCUT2D eigenvalue weighted by molar-refractivity contribution is -0.107. The highest BCUT2D eigenvalue weighted by atomic mass is 16.1. The third kappa shape index (κ3) is 1.47. The minimum Gasteiger partial charge on any atom is -0.304 e. The second kappa shape index (κ2) is 3.21. The van der Waals surface area contributed by atoms with Gasteiger partial charge >= 0.3 is 0 Å². The van der Waals surface area contributed by atoms with E-state index in [1.807, 2.05) is 30.3 Å². The van der Waals surface area contributed by atoms with Crippen LogP contribution >= 0.6 is 0 Å². The normalized spacial score (nSPS) is 12.4. The molecule has 2 radical (unpaired) electrons. The van der Waals surface area contributed by atoms with E-state index in [9.17, 15) is 4.79 Å². The third-order valence-electron chi connectivity index (χ3n) is 1.33. The molecule has 0 fully saturated rings. The zero-order valence-corrected chi connectivity index (χ0v) is 5.53. The lowest BCUT2D eigenvalue weighted by Gasteiger charge is -2.00. The van der Waals surface area contributed by atoms with Crippen LogP contribution in [0.2, 0.25) is 0 Å². The van der Waals surface area contributed by atoms with Crippen molar-refractivity contribution in [3.63, 3.8) is 0 Å². The number of rotatable bonds is 2. The van der Waals surface area contributed by atoms with E-state index in [4.69, 9.17) is 7.85 Å². The molecule has 0 saturated heterocycles. The van der Waals surface area contributed by atoms with Gasteiger partial charge in [-0.15, -0.1) is 0 Å². The van der Waals surface area contributed by atoms with Crippen LogP contribution in [0.4, 0.5) is 0 Å². The molecule has 0 N–H and O–H groups in total. The summed E-state index contributed by atoms with van der Waals surface area (Å²) in [4.78, 5) is 10.2. The van der Waals surface area contributed by atoms with Gasteiger partial charge in [-0.3, -0.25) is 0 Å². The molecule has 1 nitrogen and oxygen atoms in total. The monoisotopic (exact) mass is 130 g/mol. The zero-order chi connectivity index (χ0) is 7.40. The number of aldehydes is 1. The molecule has 1 unspecified atom stereocenters. The first-order valence-corrected chi connectivity index (χ1v) is 3.10. The summed E-state index contributed by atoms with van der Waals surface area (Å²) < 4.78 is 0. The quantitative estimate of drug-likeness (QED) is 0.432. The molecule has 0 heterocycles. The van der Waals surface area contributed by atoms with Gasteiger partial charge in [0.25, 0.3) is 0 Å². The van der Waals surface area contributed by atoms with Gasteiger partial charge in [-0.25, -0.2) is 0 Å². The molecule has 48 valence electrons. The Bertz CT molecular complexity index is 208. The molecule has 0 aliphatic rings. The summed E-state index contributed by atoms with van der Waals surface area (Å²) in [5.41, 5.74) is 0.859. The van der Waals surface area contributed by atoms with Crippen LogP contribution in [0, 0.1) is 0 Å². The Balaban J connectivity index is 2.84. The Labute approximate surface area is 61.5 Å². The predicted octanol–water partition coefficient (Wildman–Crippen LogP) is 1.10. The first kappa shape index (κ1) is 7.07. The molecule has 0 aromatic heterocycles. The first-order valence-electron chi connectivity index (χ1n) is 3.10. The maximum absolute atomic E-state index is 10.2. The Kier molecular flexibility index (Phi) is 2.27. The van der Waals surface area contributed by atoms with Crippen molar-refractivity contribution in [3.8, 4) is 0 Å². The summed E-state index contributed by atoms with van der Waals surface area (Å²) in [6.07, 6.45) is 0.731. The van der Waals surface area contributed by atoms with Gasteiger partial charge in [-0.2, -0.15) is 0 Å². The van der Waals surface area contributed by atoms with E-state index < -0.39 is 5.82 Å². The molecule has 1 aromatic rings. The largest absolute Gasteiger partial charge is 0.304 e. The fourth-order valence-electron chi connectivity index (χ4n) is 0.754. The van der Waals surface area contributed by atoms with Crippen molar-refractivity contribution in [2.75, 3.05) is 0 Å². The number of carbonyl (C=O) groups is 1. The summed E-state index contributed by atoms with van der Waals surface area (Å²) in [6.45, 7) is 0. The smallest absolute Gasteiger partial charge is 0.118 e. The van der Waals surface area contributed by atoms with E-state index in [1.54, 1.807) is 0 Å². The molecule has 0 bridgehead atoms. The highest BCUT2D eigenvalue weighted by Gasteiger charge is 1.99. The van der Waals surface area contributed by atoms with Crippen LogP contribution in [-0.2, 0) is 4.79 Å². The Morgan fingerprint density at radius 2 is 1.90 bits per heavy atom. The molecule has 2 heteroatoms. The van der Waals surface area contributed by atoms with Crippen molar-refractivity contribution >= 4 is 14.1 Å². The van der Waals surface area contributed by atoms with Crippen LogP contribution in [0.25, 0.3) is 0 Å². The van der Waals surface area contributed by atoms with Gasteiger partial charge in [-0.05, 0) is 5.56 Å². The minimum atomic E-state index is -0.471. The van der Waals surface area contributed by atoms with Gasteiger partial charge in [0.15, 0.2) is 0 Å². The van der Waals surface area contributed by atoms with Crippen LogP contribution in [0.1, 0.15) is 11.4 Å². The topological polar surface area (TPSA) is 17.1 Å². The number of benzene rings is 1. The molecule has 1 aromatic carbocycles. The van der Waals surface area contributed by atoms with Gasteiger partial charge in [0, 0.05) is 5.82 Å². The van der Waals surface area contributed by atoms with Gasteiger partial charge in [0.2, 0.25) is 0 Å². The molecular formula is C8H7BO. The molecule has 0 aliphatic carbocycles. The van der Waals surface area contributed by atoms with Crippen molar-refractivity contribution in [1.82, 2.24) is 0 Å². The fraction of sp³-hybridized carbons (Fsp3) is 0.125. The Hall–Kier alpha value is -1.05. The molecule has 0 spiro atoms. The third-order valence-corrected chi connectivity index (χ3v) is 1.33. The average Bonchev–Trinajstić information content (AvgIpc) is 2.05. The summed E-state index contributed by atoms with van der Waals surface area (Å²) >= 11 is 0. The molecule has 1 rings (SSSR count). The van der Waals surface area contributed by atoms with Crippen molar-refractivity contribution in [2.24, 2.45) is 0 Å². The SMILES string of the molecule is [B]C(C=O)c1ccccc1. The lowest BCUT2D eigenvalue weighted by Crippen LogP contribution is -1.97. The van der Waals surface area contributed by atoms with Crippen LogP contribution in [0.3, 0.4) is 0 Å². The number of carbonyl (C=O) groups excluding carboxylic acids is 1. The molecular weight excluding hydrogens is 123 g/mol. The fourth-order valence-corrected chi connectivity index (χ4v) is 0.754. The average molecular weight is 130 g/mol. The molecule has 0 aliphatic heterocycles. The van der Waals surface area contributed by atoms with Crippen LogP contribution in [0.15, 0.2) is 30.3 Å². The van der Waals surface area contributed by atoms with Crippen molar-refractivity contribution in [3.05, 3.63) is 35.9 Å². The van der Waals surface area contributed by atoms with Crippen LogP contribution in [-0.4, -0.2) is 14.1 Å². The van der Waals surface area contributed by atoms with Crippen LogP contribution < -0.4 is 0 Å². The van der Waals surface area contributed by atoms with E-state index in [-0.39, 0.29) is 0 Å². The molecule has 1 atom stereocenters. The number of hydrogen-bond acceptors (Lipinski definition) is 1. The van der Waals surface area contributed by atoms with Gasteiger partial charge < -0.3 is 4.79 Å². The summed E-state index contributed by atoms with van der Waals surface area (Å²) in [5, 5.41) is 0.